The molecule has 2 N–H and O–H groups in total. The summed E-state index contributed by atoms with van der Waals surface area (Å²) >= 11 is 1.52. The standard InChI is InChI=1S/C14H17N3O2S.ClH/c1-9(10-5-15-6-10)13(18)16-7-11-8-20-14(17-11)12-3-2-4-19-12;/h2-4,8-10,15H,5-7H2,1H3,(H,16,18);1H. The first-order chi connectivity index (χ1) is 9.74. The molecule has 114 valence electrons. The van der Waals surface area contributed by atoms with Crippen LogP contribution in [0.15, 0.2) is 28.2 Å². The van der Waals surface area contributed by atoms with Crippen molar-refractivity contribution in [1.82, 2.24) is 15.6 Å². The number of hydrogen-bond donors (Lipinski definition) is 2. The lowest BCUT2D eigenvalue weighted by Crippen LogP contribution is -2.49. The third-order valence-electron chi connectivity index (χ3n) is 3.66. The molecule has 0 spiro atoms. The molecule has 1 fully saturated rings. The number of carbonyl (C=O) groups excluding carboxylic acids is 1. The molecule has 1 saturated heterocycles. The number of aromatic nitrogens is 1. The van der Waals surface area contributed by atoms with Gasteiger partial charge in [-0.15, -0.1) is 23.7 Å². The van der Waals surface area contributed by atoms with Crippen molar-refractivity contribution in [3.63, 3.8) is 0 Å². The van der Waals surface area contributed by atoms with E-state index in [2.05, 4.69) is 15.6 Å². The molecule has 7 heteroatoms. The molecule has 21 heavy (non-hydrogen) atoms. The smallest absolute Gasteiger partial charge is 0.223 e. The highest BCUT2D eigenvalue weighted by Gasteiger charge is 2.28. The summed E-state index contributed by atoms with van der Waals surface area (Å²) in [7, 11) is 0. The maximum atomic E-state index is 12.0. The maximum Gasteiger partial charge on any atom is 0.223 e. The highest BCUT2D eigenvalue weighted by molar-refractivity contribution is 7.13. The molecule has 1 atom stereocenters. The van der Waals surface area contributed by atoms with Crippen molar-refractivity contribution in [2.45, 2.75) is 13.5 Å². The van der Waals surface area contributed by atoms with Crippen LogP contribution in [0.25, 0.3) is 10.8 Å². The molecule has 1 aliphatic rings. The first kappa shape index (κ1) is 16.0. The van der Waals surface area contributed by atoms with Gasteiger partial charge < -0.3 is 15.1 Å². The van der Waals surface area contributed by atoms with Crippen LogP contribution in [-0.4, -0.2) is 24.0 Å². The van der Waals surface area contributed by atoms with Gasteiger partial charge in [-0.1, -0.05) is 6.92 Å². The molecule has 3 rings (SSSR count). The SMILES string of the molecule is CC(C(=O)NCc1csc(-c2ccco2)n1)C1CNC1.Cl. The third kappa shape index (κ3) is 3.64. The van der Waals surface area contributed by atoms with Gasteiger partial charge >= 0.3 is 0 Å². The molecule has 0 saturated carbocycles. The van der Waals surface area contributed by atoms with Gasteiger partial charge in [-0.25, -0.2) is 4.98 Å². The lowest BCUT2D eigenvalue weighted by atomic mass is 9.88. The third-order valence-corrected chi connectivity index (χ3v) is 4.57. The van der Waals surface area contributed by atoms with Gasteiger partial charge in [0.25, 0.3) is 0 Å². The fraction of sp³-hybridized carbons (Fsp3) is 0.429. The Bertz CT molecular complexity index is 581. The second kappa shape index (κ2) is 7.06. The normalized spacial score (nSPS) is 15.9. The van der Waals surface area contributed by atoms with Crippen LogP contribution < -0.4 is 10.6 Å². The molecule has 0 aliphatic carbocycles. The minimum Gasteiger partial charge on any atom is -0.462 e. The average Bonchev–Trinajstić information content (AvgIpc) is 3.04. The summed E-state index contributed by atoms with van der Waals surface area (Å²) in [5, 5.41) is 8.94. The van der Waals surface area contributed by atoms with Crippen molar-refractivity contribution < 1.29 is 9.21 Å². The van der Waals surface area contributed by atoms with E-state index < -0.39 is 0 Å². The Morgan fingerprint density at radius 3 is 3.05 bits per heavy atom. The Balaban J connectivity index is 0.00000161. The highest BCUT2D eigenvalue weighted by Crippen LogP contribution is 2.24. The number of nitrogens with zero attached hydrogens (tertiary/aromatic N) is 1. The molecule has 5 nitrogen and oxygen atoms in total. The Morgan fingerprint density at radius 1 is 1.62 bits per heavy atom. The van der Waals surface area contributed by atoms with Gasteiger partial charge in [0.15, 0.2) is 10.8 Å². The number of nitrogens with one attached hydrogen (secondary N) is 2. The molecule has 1 aliphatic heterocycles. The average molecular weight is 328 g/mol. The molecule has 1 amide bonds. The molecule has 3 heterocycles. The van der Waals surface area contributed by atoms with Gasteiger partial charge in [-0.2, -0.15) is 0 Å². The number of thiazole rings is 1. The van der Waals surface area contributed by atoms with Crippen molar-refractivity contribution in [2.75, 3.05) is 13.1 Å². The van der Waals surface area contributed by atoms with E-state index in [-0.39, 0.29) is 24.2 Å². The molecule has 0 aromatic carbocycles. The molecular formula is C14H18ClN3O2S. The lowest BCUT2D eigenvalue weighted by Gasteiger charge is -2.31. The number of halogens is 1. The summed E-state index contributed by atoms with van der Waals surface area (Å²) in [6, 6.07) is 3.72. The summed E-state index contributed by atoms with van der Waals surface area (Å²) in [5.41, 5.74) is 0.869. The van der Waals surface area contributed by atoms with Crippen molar-refractivity contribution in [3.05, 3.63) is 29.5 Å². The van der Waals surface area contributed by atoms with Gasteiger partial charge in [-0.3, -0.25) is 4.79 Å². The van der Waals surface area contributed by atoms with Crippen molar-refractivity contribution >= 4 is 29.7 Å². The van der Waals surface area contributed by atoms with Gasteiger partial charge in [-0.05, 0) is 31.1 Å². The minimum absolute atomic E-state index is 0. The first-order valence-electron chi connectivity index (χ1n) is 6.71. The van der Waals surface area contributed by atoms with Crippen molar-refractivity contribution in [3.8, 4) is 10.8 Å². The number of amides is 1. The van der Waals surface area contributed by atoms with Gasteiger partial charge in [0.05, 0.1) is 18.5 Å². The zero-order valence-electron chi connectivity index (χ0n) is 11.7. The molecule has 1 unspecified atom stereocenters. The van der Waals surface area contributed by atoms with Gasteiger partial charge in [0.1, 0.15) is 0 Å². The molecule has 0 radical (unpaired) electrons. The fourth-order valence-electron chi connectivity index (χ4n) is 2.12. The Morgan fingerprint density at radius 2 is 2.43 bits per heavy atom. The maximum absolute atomic E-state index is 12.0. The van der Waals surface area contributed by atoms with Crippen LogP contribution >= 0.6 is 23.7 Å². The quantitative estimate of drug-likeness (QED) is 0.884. The summed E-state index contributed by atoms with van der Waals surface area (Å²) in [6.07, 6.45) is 1.63. The molecule has 2 aromatic rings. The molecular weight excluding hydrogens is 310 g/mol. The summed E-state index contributed by atoms with van der Waals surface area (Å²) < 4.78 is 5.30. The number of furan rings is 1. The van der Waals surface area contributed by atoms with Gasteiger partial charge in [0.2, 0.25) is 5.91 Å². The Labute approximate surface area is 133 Å². The Hall–Kier alpha value is -1.37. The zero-order valence-corrected chi connectivity index (χ0v) is 13.3. The number of carbonyl (C=O) groups is 1. The van der Waals surface area contributed by atoms with Crippen LogP contribution in [0.3, 0.4) is 0 Å². The Kier molecular flexibility index (Phi) is 5.39. The van der Waals surface area contributed by atoms with E-state index in [1.54, 1.807) is 6.26 Å². The van der Waals surface area contributed by atoms with E-state index >= 15 is 0 Å². The van der Waals surface area contributed by atoms with Crippen LogP contribution in [0.1, 0.15) is 12.6 Å². The summed E-state index contributed by atoms with van der Waals surface area (Å²) in [5.74, 6) is 1.38. The summed E-state index contributed by atoms with van der Waals surface area (Å²) in [4.78, 5) is 16.5. The topological polar surface area (TPSA) is 67.2 Å². The molecule has 0 bridgehead atoms. The van der Waals surface area contributed by atoms with E-state index in [9.17, 15) is 4.79 Å². The van der Waals surface area contributed by atoms with Gasteiger partial charge in [0, 0.05) is 11.3 Å². The van der Waals surface area contributed by atoms with E-state index in [4.69, 9.17) is 4.42 Å². The van der Waals surface area contributed by atoms with Crippen molar-refractivity contribution in [1.29, 1.82) is 0 Å². The fourth-order valence-corrected chi connectivity index (χ4v) is 2.90. The zero-order chi connectivity index (χ0) is 13.9. The van der Waals surface area contributed by atoms with Crippen LogP contribution in [0.5, 0.6) is 0 Å². The number of rotatable bonds is 5. The van der Waals surface area contributed by atoms with E-state index in [0.29, 0.717) is 12.5 Å². The second-order valence-corrected chi connectivity index (χ2v) is 5.90. The second-order valence-electron chi connectivity index (χ2n) is 5.05. The van der Waals surface area contributed by atoms with E-state index in [1.807, 2.05) is 24.4 Å². The monoisotopic (exact) mass is 327 g/mol. The minimum atomic E-state index is 0. The molecule has 2 aromatic heterocycles. The predicted octanol–water partition coefficient (Wildman–Crippen LogP) is 2.30. The van der Waals surface area contributed by atoms with Crippen LogP contribution in [0.4, 0.5) is 0 Å². The summed E-state index contributed by atoms with van der Waals surface area (Å²) in [6.45, 7) is 4.33. The largest absolute Gasteiger partial charge is 0.462 e. The first-order valence-corrected chi connectivity index (χ1v) is 7.58. The van der Waals surface area contributed by atoms with E-state index in [0.717, 1.165) is 29.6 Å². The van der Waals surface area contributed by atoms with Crippen LogP contribution in [-0.2, 0) is 11.3 Å². The number of hydrogen-bond acceptors (Lipinski definition) is 5. The van der Waals surface area contributed by atoms with Crippen LogP contribution in [0.2, 0.25) is 0 Å². The predicted molar refractivity (Wildman–Crippen MR) is 84.4 cm³/mol. The highest BCUT2D eigenvalue weighted by atomic mass is 35.5. The van der Waals surface area contributed by atoms with E-state index in [1.165, 1.54) is 11.3 Å². The lowest BCUT2D eigenvalue weighted by molar-refractivity contribution is -0.126. The van der Waals surface area contributed by atoms with Crippen molar-refractivity contribution in [2.24, 2.45) is 11.8 Å². The van der Waals surface area contributed by atoms with Crippen LogP contribution in [0, 0.1) is 11.8 Å².